The van der Waals surface area contributed by atoms with Crippen LogP contribution in [0.2, 0.25) is 0 Å². The predicted octanol–water partition coefficient (Wildman–Crippen LogP) is 4.08. The van der Waals surface area contributed by atoms with Crippen LogP contribution in [0, 0.1) is 0 Å². The molecule has 0 saturated carbocycles. The maximum absolute atomic E-state index is 12.6. The van der Waals surface area contributed by atoms with E-state index in [2.05, 4.69) is 4.98 Å². The van der Waals surface area contributed by atoms with Crippen molar-refractivity contribution < 1.29 is 13.2 Å². The van der Waals surface area contributed by atoms with Crippen molar-refractivity contribution in [3.05, 3.63) is 47.6 Å². The lowest BCUT2D eigenvalue weighted by molar-refractivity contribution is -0.137. The van der Waals surface area contributed by atoms with Gasteiger partial charge in [0.05, 0.1) is 16.1 Å². The van der Waals surface area contributed by atoms with Gasteiger partial charge in [-0.25, -0.2) is 4.98 Å². The van der Waals surface area contributed by atoms with E-state index in [1.807, 2.05) is 17.5 Å². The monoisotopic (exact) mass is 268 g/mol. The Morgan fingerprint density at radius 2 is 1.94 bits per heavy atom. The van der Waals surface area contributed by atoms with E-state index in [1.54, 1.807) is 6.20 Å². The van der Waals surface area contributed by atoms with Gasteiger partial charge in [-0.05, 0) is 23.6 Å². The van der Waals surface area contributed by atoms with Crippen LogP contribution < -0.4 is 0 Å². The Bertz CT molecular complexity index is 683. The molecule has 0 aliphatic heterocycles. The molecule has 0 aliphatic carbocycles. The number of thiophene rings is 1. The molecular formula is C12H7F3N2S. The van der Waals surface area contributed by atoms with Gasteiger partial charge >= 0.3 is 6.18 Å². The highest BCUT2D eigenvalue weighted by molar-refractivity contribution is 7.13. The van der Waals surface area contributed by atoms with Gasteiger partial charge in [-0.3, -0.25) is 0 Å². The van der Waals surface area contributed by atoms with Gasteiger partial charge in [0.2, 0.25) is 0 Å². The zero-order valence-electron chi connectivity index (χ0n) is 8.98. The number of rotatable bonds is 1. The molecule has 3 heterocycles. The van der Waals surface area contributed by atoms with Crippen LogP contribution in [-0.2, 0) is 6.18 Å². The summed E-state index contributed by atoms with van der Waals surface area (Å²) in [6.07, 6.45) is -1.67. The number of alkyl halides is 3. The molecule has 0 fully saturated rings. The summed E-state index contributed by atoms with van der Waals surface area (Å²) in [7, 11) is 0. The van der Waals surface area contributed by atoms with E-state index in [4.69, 9.17) is 0 Å². The van der Waals surface area contributed by atoms with Crippen LogP contribution >= 0.6 is 11.3 Å². The summed E-state index contributed by atoms with van der Waals surface area (Å²) in [5.41, 5.74) is 0.515. The number of halogens is 3. The highest BCUT2D eigenvalue weighted by atomic mass is 32.1. The molecule has 18 heavy (non-hydrogen) atoms. The van der Waals surface area contributed by atoms with Crippen molar-refractivity contribution in [2.45, 2.75) is 6.18 Å². The number of nitrogens with zero attached hydrogens (tertiary/aromatic N) is 2. The minimum atomic E-state index is -4.33. The Morgan fingerprint density at radius 3 is 2.61 bits per heavy atom. The Hall–Kier alpha value is -1.82. The van der Waals surface area contributed by atoms with Crippen LogP contribution in [0.5, 0.6) is 0 Å². The molecule has 0 saturated heterocycles. The van der Waals surface area contributed by atoms with Crippen molar-refractivity contribution in [2.75, 3.05) is 0 Å². The average molecular weight is 268 g/mol. The number of aromatic nitrogens is 2. The fraction of sp³-hybridized carbons (Fsp3) is 0.0833. The van der Waals surface area contributed by atoms with Crippen molar-refractivity contribution in [1.29, 1.82) is 0 Å². The molecule has 3 rings (SSSR count). The maximum atomic E-state index is 12.6. The van der Waals surface area contributed by atoms with Gasteiger partial charge in [0.25, 0.3) is 0 Å². The lowest BCUT2D eigenvalue weighted by Crippen LogP contribution is -2.05. The molecular weight excluding hydrogens is 261 g/mol. The van der Waals surface area contributed by atoms with E-state index in [-0.39, 0.29) is 0 Å². The summed E-state index contributed by atoms with van der Waals surface area (Å²) >= 11 is 1.50. The molecule has 3 aromatic heterocycles. The zero-order chi connectivity index (χ0) is 12.8. The van der Waals surface area contributed by atoms with Gasteiger partial charge in [-0.2, -0.15) is 13.2 Å². The van der Waals surface area contributed by atoms with E-state index in [0.29, 0.717) is 11.3 Å². The average Bonchev–Trinajstić information content (AvgIpc) is 2.95. The standard InChI is InChI=1S/C12H7F3N2S/c13-12(14,15)8-3-4-11-16-9(7-17(11)6-8)10-2-1-5-18-10/h1-7H. The smallest absolute Gasteiger partial charge is 0.306 e. The lowest BCUT2D eigenvalue weighted by Gasteiger charge is -2.05. The molecule has 2 nitrogen and oxygen atoms in total. The van der Waals surface area contributed by atoms with Crippen molar-refractivity contribution in [3.8, 4) is 10.6 Å². The van der Waals surface area contributed by atoms with Crippen molar-refractivity contribution in [2.24, 2.45) is 0 Å². The number of imidazole rings is 1. The summed E-state index contributed by atoms with van der Waals surface area (Å²) < 4.78 is 39.1. The Kier molecular flexibility index (Phi) is 2.41. The second-order valence-corrected chi connectivity index (χ2v) is 4.73. The normalized spacial score (nSPS) is 12.2. The minimum absolute atomic E-state index is 0.506. The number of fused-ring (bicyclic) bond motifs is 1. The Labute approximate surface area is 104 Å². The van der Waals surface area contributed by atoms with Crippen LogP contribution in [0.3, 0.4) is 0 Å². The first kappa shape index (κ1) is 11.3. The van der Waals surface area contributed by atoms with Crippen molar-refractivity contribution >= 4 is 17.0 Å². The Balaban J connectivity index is 2.13. The lowest BCUT2D eigenvalue weighted by atomic mass is 10.3. The molecule has 0 N–H and O–H groups in total. The van der Waals surface area contributed by atoms with E-state index >= 15 is 0 Å². The summed E-state index contributed by atoms with van der Waals surface area (Å²) in [4.78, 5) is 5.22. The number of pyridine rings is 1. The van der Waals surface area contributed by atoms with Crippen LogP contribution in [0.1, 0.15) is 5.56 Å². The van der Waals surface area contributed by atoms with Crippen LogP contribution in [0.4, 0.5) is 13.2 Å². The van der Waals surface area contributed by atoms with E-state index < -0.39 is 11.7 Å². The largest absolute Gasteiger partial charge is 0.417 e. The first-order valence-corrected chi connectivity index (χ1v) is 6.02. The molecule has 92 valence electrons. The Morgan fingerprint density at radius 1 is 1.11 bits per heavy atom. The fourth-order valence-corrected chi connectivity index (χ4v) is 2.38. The molecule has 0 unspecified atom stereocenters. The molecule has 0 aromatic carbocycles. The molecule has 0 atom stereocenters. The predicted molar refractivity (Wildman–Crippen MR) is 63.5 cm³/mol. The van der Waals surface area contributed by atoms with Gasteiger partial charge in [0.15, 0.2) is 0 Å². The third-order valence-electron chi connectivity index (χ3n) is 2.55. The molecule has 3 aromatic rings. The highest BCUT2D eigenvalue weighted by Gasteiger charge is 2.30. The maximum Gasteiger partial charge on any atom is 0.417 e. The summed E-state index contributed by atoms with van der Waals surface area (Å²) in [5.74, 6) is 0. The van der Waals surface area contributed by atoms with Crippen molar-refractivity contribution in [3.63, 3.8) is 0 Å². The van der Waals surface area contributed by atoms with Gasteiger partial charge in [0, 0.05) is 12.4 Å². The van der Waals surface area contributed by atoms with E-state index in [1.165, 1.54) is 21.8 Å². The molecule has 0 radical (unpaired) electrons. The summed E-state index contributed by atoms with van der Waals surface area (Å²) in [6.45, 7) is 0. The topological polar surface area (TPSA) is 17.3 Å². The van der Waals surface area contributed by atoms with E-state index in [9.17, 15) is 13.2 Å². The van der Waals surface area contributed by atoms with Crippen LogP contribution in [0.25, 0.3) is 16.2 Å². The SMILES string of the molecule is FC(F)(F)c1ccc2nc(-c3cccs3)cn2c1. The zero-order valence-corrected chi connectivity index (χ0v) is 9.79. The minimum Gasteiger partial charge on any atom is -0.306 e. The van der Waals surface area contributed by atoms with Gasteiger partial charge in [0.1, 0.15) is 5.65 Å². The number of hydrogen-bond acceptors (Lipinski definition) is 2. The molecule has 6 heteroatoms. The third-order valence-corrected chi connectivity index (χ3v) is 3.44. The molecule has 0 spiro atoms. The molecule has 0 aliphatic rings. The third kappa shape index (κ3) is 1.88. The fourth-order valence-electron chi connectivity index (χ4n) is 1.70. The van der Waals surface area contributed by atoms with Crippen molar-refractivity contribution in [1.82, 2.24) is 9.38 Å². The summed E-state index contributed by atoms with van der Waals surface area (Å²) in [6, 6.07) is 6.18. The highest BCUT2D eigenvalue weighted by Crippen LogP contribution is 2.30. The first-order valence-electron chi connectivity index (χ1n) is 5.14. The van der Waals surface area contributed by atoms with Gasteiger partial charge in [-0.15, -0.1) is 11.3 Å². The molecule has 0 amide bonds. The van der Waals surface area contributed by atoms with Crippen LogP contribution in [0.15, 0.2) is 42.0 Å². The first-order chi connectivity index (χ1) is 8.54. The summed E-state index contributed by atoms with van der Waals surface area (Å²) in [5, 5.41) is 1.90. The van der Waals surface area contributed by atoms with E-state index in [0.717, 1.165) is 17.1 Å². The second kappa shape index (κ2) is 3.84. The number of hydrogen-bond donors (Lipinski definition) is 0. The van der Waals surface area contributed by atoms with Gasteiger partial charge in [-0.1, -0.05) is 6.07 Å². The quantitative estimate of drug-likeness (QED) is 0.650. The van der Waals surface area contributed by atoms with Crippen LogP contribution in [-0.4, -0.2) is 9.38 Å². The second-order valence-electron chi connectivity index (χ2n) is 3.78. The molecule has 0 bridgehead atoms. The van der Waals surface area contributed by atoms with Gasteiger partial charge < -0.3 is 4.40 Å².